The molecule has 0 fully saturated rings. The molecule has 4 nitrogen and oxygen atoms in total. The predicted molar refractivity (Wildman–Crippen MR) is 83.4 cm³/mol. The van der Waals surface area contributed by atoms with Crippen molar-refractivity contribution in [3.63, 3.8) is 0 Å². The molecular weight excluding hydrogens is 374 g/mol. The van der Waals surface area contributed by atoms with Crippen molar-refractivity contribution in [2.75, 3.05) is 11.9 Å². The van der Waals surface area contributed by atoms with Crippen molar-refractivity contribution >= 4 is 37.5 Å². The summed E-state index contributed by atoms with van der Waals surface area (Å²) in [4.78, 5) is 13.8. The molecule has 0 aliphatic rings. The van der Waals surface area contributed by atoms with Gasteiger partial charge in [0.2, 0.25) is 0 Å². The van der Waals surface area contributed by atoms with E-state index in [1.807, 2.05) is 36.2 Å². The maximum Gasteiger partial charge on any atom is 0.282 e. The quantitative estimate of drug-likeness (QED) is 0.813. The molecule has 1 aromatic carbocycles. The molecule has 6 heteroatoms. The first-order valence-electron chi connectivity index (χ1n) is 5.66. The second-order valence-electron chi connectivity index (χ2n) is 4.26. The second-order valence-corrected chi connectivity index (χ2v) is 5.96. The second kappa shape index (κ2) is 5.88. The van der Waals surface area contributed by atoms with E-state index in [1.165, 1.54) is 10.2 Å². The highest BCUT2D eigenvalue weighted by molar-refractivity contribution is 9.10. The van der Waals surface area contributed by atoms with Crippen LogP contribution in [0.3, 0.4) is 0 Å². The number of halogens is 2. The van der Waals surface area contributed by atoms with Gasteiger partial charge in [0.05, 0.1) is 11.9 Å². The monoisotopic (exact) mass is 385 g/mol. The Labute approximate surface area is 128 Å². The van der Waals surface area contributed by atoms with Gasteiger partial charge in [-0.1, -0.05) is 28.1 Å². The summed E-state index contributed by atoms with van der Waals surface area (Å²) in [5, 5.41) is 4.04. The zero-order chi connectivity index (χ0) is 14.0. The van der Waals surface area contributed by atoms with Crippen molar-refractivity contribution in [2.45, 2.75) is 6.54 Å². The summed E-state index contributed by atoms with van der Waals surface area (Å²) in [5.41, 5.74) is 1.81. The molecule has 1 heterocycles. The molecule has 0 aliphatic carbocycles. The molecule has 2 rings (SSSR count). The van der Waals surface area contributed by atoms with Crippen LogP contribution in [0, 0.1) is 0 Å². The van der Waals surface area contributed by atoms with Gasteiger partial charge >= 0.3 is 0 Å². The molecule has 0 spiro atoms. The summed E-state index contributed by atoms with van der Waals surface area (Å²) in [7, 11) is 3.56. The molecule has 0 N–H and O–H groups in total. The standard InChI is InChI=1S/C13H13Br2N3O/c1-17(8-9-3-5-10(14)6-4-9)11-7-16-18(2)13(19)12(11)15/h3-7H,8H2,1-2H3. The minimum absolute atomic E-state index is 0.139. The minimum atomic E-state index is -0.139. The molecule has 0 unspecified atom stereocenters. The van der Waals surface area contributed by atoms with Crippen molar-refractivity contribution in [1.29, 1.82) is 0 Å². The van der Waals surface area contributed by atoms with Crippen LogP contribution in [0.4, 0.5) is 5.69 Å². The van der Waals surface area contributed by atoms with Crippen LogP contribution in [0.2, 0.25) is 0 Å². The van der Waals surface area contributed by atoms with Crippen LogP contribution >= 0.6 is 31.9 Å². The lowest BCUT2D eigenvalue weighted by Gasteiger charge is -2.20. The SMILES string of the molecule is CN(Cc1ccc(Br)cc1)c1cnn(C)c(=O)c1Br. The van der Waals surface area contributed by atoms with Gasteiger partial charge in [0.15, 0.2) is 0 Å². The zero-order valence-corrected chi connectivity index (χ0v) is 13.8. The fourth-order valence-corrected chi connectivity index (χ4v) is 2.64. The molecule has 0 atom stereocenters. The molecular formula is C13H13Br2N3O. The van der Waals surface area contributed by atoms with Crippen LogP contribution in [0.1, 0.15) is 5.56 Å². The van der Waals surface area contributed by atoms with E-state index in [0.717, 1.165) is 10.2 Å². The van der Waals surface area contributed by atoms with E-state index < -0.39 is 0 Å². The van der Waals surface area contributed by atoms with Gasteiger partial charge in [-0.05, 0) is 33.6 Å². The summed E-state index contributed by atoms with van der Waals surface area (Å²) in [5.74, 6) is 0. The van der Waals surface area contributed by atoms with Gasteiger partial charge < -0.3 is 4.90 Å². The minimum Gasteiger partial charge on any atom is -0.368 e. The molecule has 2 aromatic rings. The smallest absolute Gasteiger partial charge is 0.282 e. The van der Waals surface area contributed by atoms with E-state index in [0.29, 0.717) is 11.0 Å². The molecule has 100 valence electrons. The lowest BCUT2D eigenvalue weighted by molar-refractivity contribution is 0.698. The van der Waals surface area contributed by atoms with Gasteiger partial charge in [-0.2, -0.15) is 5.10 Å². The van der Waals surface area contributed by atoms with Crippen LogP contribution in [0.5, 0.6) is 0 Å². The van der Waals surface area contributed by atoms with Crippen LogP contribution < -0.4 is 10.5 Å². The molecule has 19 heavy (non-hydrogen) atoms. The Balaban J connectivity index is 2.25. The van der Waals surface area contributed by atoms with E-state index in [1.54, 1.807) is 13.2 Å². The number of nitrogens with zero attached hydrogens (tertiary/aromatic N) is 3. The van der Waals surface area contributed by atoms with E-state index in [4.69, 9.17) is 0 Å². The first-order valence-corrected chi connectivity index (χ1v) is 7.25. The molecule has 0 bridgehead atoms. The summed E-state index contributed by atoms with van der Waals surface area (Å²) < 4.78 is 2.89. The summed E-state index contributed by atoms with van der Waals surface area (Å²) in [6.07, 6.45) is 1.68. The number of anilines is 1. The Morgan fingerprint density at radius 3 is 2.53 bits per heavy atom. The highest BCUT2D eigenvalue weighted by Gasteiger charge is 2.11. The largest absolute Gasteiger partial charge is 0.368 e. The topological polar surface area (TPSA) is 38.1 Å². The van der Waals surface area contributed by atoms with E-state index in [9.17, 15) is 4.79 Å². The van der Waals surface area contributed by atoms with Crippen LogP contribution in [0.25, 0.3) is 0 Å². The number of aromatic nitrogens is 2. The Hall–Kier alpha value is -1.14. The molecule has 1 aromatic heterocycles. The number of benzene rings is 1. The Morgan fingerprint density at radius 1 is 1.26 bits per heavy atom. The van der Waals surface area contributed by atoms with Gasteiger partial charge in [0.1, 0.15) is 4.47 Å². The maximum atomic E-state index is 11.8. The first-order chi connectivity index (χ1) is 8.99. The fourth-order valence-electron chi connectivity index (χ4n) is 1.72. The van der Waals surface area contributed by atoms with Gasteiger partial charge in [-0.3, -0.25) is 4.79 Å². The lowest BCUT2D eigenvalue weighted by atomic mass is 10.2. The van der Waals surface area contributed by atoms with E-state index in [-0.39, 0.29) is 5.56 Å². The molecule has 0 aliphatic heterocycles. The fraction of sp³-hybridized carbons (Fsp3) is 0.231. The van der Waals surface area contributed by atoms with Crippen LogP contribution in [-0.4, -0.2) is 16.8 Å². The van der Waals surface area contributed by atoms with Gasteiger partial charge in [-0.25, -0.2) is 4.68 Å². The molecule has 0 saturated carbocycles. The normalized spacial score (nSPS) is 10.5. The summed E-state index contributed by atoms with van der Waals surface area (Å²) in [6.45, 7) is 0.709. The highest BCUT2D eigenvalue weighted by atomic mass is 79.9. The number of rotatable bonds is 3. The number of hydrogen-bond acceptors (Lipinski definition) is 3. The predicted octanol–water partition coefficient (Wildman–Crippen LogP) is 2.94. The number of hydrogen-bond donors (Lipinski definition) is 0. The molecule has 0 saturated heterocycles. The molecule has 0 radical (unpaired) electrons. The third-order valence-corrected chi connectivity index (χ3v) is 4.08. The van der Waals surface area contributed by atoms with Crippen molar-refractivity contribution in [3.05, 3.63) is 55.3 Å². The Morgan fingerprint density at radius 2 is 1.89 bits per heavy atom. The maximum absolute atomic E-state index is 11.8. The number of aryl methyl sites for hydroxylation is 1. The lowest BCUT2D eigenvalue weighted by Crippen LogP contribution is -2.25. The molecule has 0 amide bonds. The summed E-state index contributed by atoms with van der Waals surface area (Å²) >= 11 is 6.74. The highest BCUT2D eigenvalue weighted by Crippen LogP contribution is 2.22. The van der Waals surface area contributed by atoms with Crippen LogP contribution in [-0.2, 0) is 13.6 Å². The summed E-state index contributed by atoms with van der Waals surface area (Å²) in [6, 6.07) is 8.09. The van der Waals surface area contributed by atoms with E-state index in [2.05, 4.69) is 37.0 Å². The third-order valence-electron chi connectivity index (χ3n) is 2.80. The van der Waals surface area contributed by atoms with Crippen molar-refractivity contribution in [1.82, 2.24) is 9.78 Å². The Bertz CT molecular complexity index is 637. The zero-order valence-electron chi connectivity index (χ0n) is 10.6. The van der Waals surface area contributed by atoms with Crippen molar-refractivity contribution in [3.8, 4) is 0 Å². The van der Waals surface area contributed by atoms with Gasteiger partial charge in [0, 0.05) is 25.1 Å². The average Bonchev–Trinajstić information content (AvgIpc) is 2.39. The van der Waals surface area contributed by atoms with Gasteiger partial charge in [0.25, 0.3) is 5.56 Å². The van der Waals surface area contributed by atoms with Crippen molar-refractivity contribution < 1.29 is 0 Å². The van der Waals surface area contributed by atoms with Crippen molar-refractivity contribution in [2.24, 2.45) is 7.05 Å². The van der Waals surface area contributed by atoms with Gasteiger partial charge in [-0.15, -0.1) is 0 Å². The van der Waals surface area contributed by atoms with Crippen LogP contribution in [0.15, 0.2) is 44.2 Å². The average molecular weight is 387 g/mol. The third kappa shape index (κ3) is 3.25. The van der Waals surface area contributed by atoms with E-state index >= 15 is 0 Å². The Kier molecular flexibility index (Phi) is 4.42. The first kappa shape index (κ1) is 14.3.